The van der Waals surface area contributed by atoms with Crippen molar-refractivity contribution >= 4 is 23.0 Å². The third-order valence-corrected chi connectivity index (χ3v) is 3.80. The van der Waals surface area contributed by atoms with Crippen molar-refractivity contribution in [3.63, 3.8) is 0 Å². The number of rotatable bonds is 5. The van der Waals surface area contributed by atoms with E-state index in [-0.39, 0.29) is 11.8 Å². The van der Waals surface area contributed by atoms with E-state index in [1.54, 1.807) is 12.3 Å². The average Bonchev–Trinajstić information content (AvgIpc) is 3.15. The van der Waals surface area contributed by atoms with E-state index in [1.165, 1.54) is 24.3 Å². The van der Waals surface area contributed by atoms with Crippen molar-refractivity contribution in [3.05, 3.63) is 84.3 Å². The second kappa shape index (κ2) is 8.13. The Balaban J connectivity index is 1.68. The van der Waals surface area contributed by atoms with Gasteiger partial charge in [-0.1, -0.05) is 30.3 Å². The first-order valence-corrected chi connectivity index (χ1v) is 8.33. The van der Waals surface area contributed by atoms with Crippen molar-refractivity contribution < 1.29 is 22.3 Å². The summed E-state index contributed by atoms with van der Waals surface area (Å²) in [6.07, 6.45) is -3.15. The molecule has 0 fully saturated rings. The summed E-state index contributed by atoms with van der Waals surface area (Å²) >= 11 is 5.33. The summed E-state index contributed by atoms with van der Waals surface area (Å²) in [5.41, 5.74) is 1.47. The van der Waals surface area contributed by atoms with Crippen LogP contribution in [-0.4, -0.2) is 11.5 Å². The van der Waals surface area contributed by atoms with E-state index in [0.717, 1.165) is 5.56 Å². The highest BCUT2D eigenvalue weighted by molar-refractivity contribution is 7.80. The zero-order chi connectivity index (χ0) is 19.3. The summed E-state index contributed by atoms with van der Waals surface area (Å²) in [7, 11) is 0. The molecular formula is C19H15F3N2O2S. The molecule has 0 saturated heterocycles. The van der Waals surface area contributed by atoms with Gasteiger partial charge in [-0.15, -0.1) is 13.2 Å². The highest BCUT2D eigenvalue weighted by Gasteiger charge is 2.31. The number of nitrogens with one attached hydrogen (secondary N) is 2. The molecule has 0 amide bonds. The van der Waals surface area contributed by atoms with E-state index in [4.69, 9.17) is 16.6 Å². The van der Waals surface area contributed by atoms with Crippen molar-refractivity contribution in [3.8, 4) is 5.75 Å². The fourth-order valence-electron chi connectivity index (χ4n) is 2.46. The molecule has 1 heterocycles. The van der Waals surface area contributed by atoms with Crippen molar-refractivity contribution in [1.82, 2.24) is 5.32 Å². The number of halogens is 3. The number of alkyl halides is 3. The van der Waals surface area contributed by atoms with Crippen LogP contribution in [0.5, 0.6) is 5.75 Å². The molecule has 0 spiro atoms. The predicted octanol–water partition coefficient (Wildman–Crippen LogP) is 5.25. The number of hydrogen-bond donors (Lipinski definition) is 2. The SMILES string of the molecule is FC(F)(F)Oc1ccc(NC(=S)N[C@@H](c2ccccc2)c2ccco2)cc1. The van der Waals surface area contributed by atoms with Crippen LogP contribution in [0.1, 0.15) is 17.4 Å². The standard InChI is InChI=1S/C19H15F3N2O2S/c20-19(21,22)26-15-10-8-14(9-11-15)23-18(27)24-17(16-7-4-12-25-16)13-5-2-1-3-6-13/h1-12,17H,(H2,23,24,27)/t17-/m0/s1. The molecule has 3 rings (SSSR count). The van der Waals surface area contributed by atoms with Crippen LogP contribution in [0.25, 0.3) is 0 Å². The smallest absolute Gasteiger partial charge is 0.467 e. The molecule has 0 unspecified atom stereocenters. The largest absolute Gasteiger partial charge is 0.573 e. The van der Waals surface area contributed by atoms with Crippen LogP contribution in [0.4, 0.5) is 18.9 Å². The number of hydrogen-bond acceptors (Lipinski definition) is 3. The molecule has 0 saturated carbocycles. The van der Waals surface area contributed by atoms with Crippen molar-refractivity contribution in [2.75, 3.05) is 5.32 Å². The molecule has 4 nitrogen and oxygen atoms in total. The molecule has 0 aliphatic heterocycles. The molecule has 0 bridgehead atoms. The third-order valence-electron chi connectivity index (χ3n) is 3.58. The number of furan rings is 1. The molecule has 0 aliphatic carbocycles. The van der Waals surface area contributed by atoms with Gasteiger partial charge in [-0.2, -0.15) is 0 Å². The van der Waals surface area contributed by atoms with Crippen LogP contribution in [0, 0.1) is 0 Å². The molecule has 3 aromatic rings. The number of benzene rings is 2. The van der Waals surface area contributed by atoms with Gasteiger partial charge in [-0.25, -0.2) is 0 Å². The topological polar surface area (TPSA) is 46.4 Å². The van der Waals surface area contributed by atoms with Crippen molar-refractivity contribution in [2.24, 2.45) is 0 Å². The Kier molecular flexibility index (Phi) is 5.66. The molecule has 0 radical (unpaired) electrons. The monoisotopic (exact) mass is 392 g/mol. The summed E-state index contributed by atoms with van der Waals surface area (Å²) in [5.74, 6) is 0.379. The first-order chi connectivity index (χ1) is 12.9. The lowest BCUT2D eigenvalue weighted by molar-refractivity contribution is -0.274. The van der Waals surface area contributed by atoms with E-state index in [9.17, 15) is 13.2 Å². The van der Waals surface area contributed by atoms with Gasteiger partial charge in [0.2, 0.25) is 0 Å². The molecule has 1 aromatic heterocycles. The second-order valence-corrected chi connectivity index (χ2v) is 5.94. The normalized spacial score (nSPS) is 12.3. The number of thiocarbonyl (C=S) groups is 1. The molecule has 1 atom stereocenters. The maximum atomic E-state index is 12.2. The number of ether oxygens (including phenoxy) is 1. The van der Waals surface area contributed by atoms with Gasteiger partial charge in [0.15, 0.2) is 5.11 Å². The Bertz CT molecular complexity index is 866. The highest BCUT2D eigenvalue weighted by atomic mass is 32.1. The Morgan fingerprint density at radius 1 is 0.963 bits per heavy atom. The van der Waals surface area contributed by atoms with Gasteiger partial charge in [-0.05, 0) is 54.2 Å². The van der Waals surface area contributed by atoms with Gasteiger partial charge >= 0.3 is 6.36 Å². The highest BCUT2D eigenvalue weighted by Crippen LogP contribution is 2.25. The van der Waals surface area contributed by atoms with Crippen molar-refractivity contribution in [1.29, 1.82) is 0 Å². The third kappa shape index (κ3) is 5.49. The number of anilines is 1. The van der Waals surface area contributed by atoms with Crippen LogP contribution < -0.4 is 15.4 Å². The van der Waals surface area contributed by atoms with Crippen LogP contribution in [0.15, 0.2) is 77.4 Å². The predicted molar refractivity (Wildman–Crippen MR) is 99.5 cm³/mol. The summed E-state index contributed by atoms with van der Waals surface area (Å²) in [6.45, 7) is 0. The zero-order valence-corrected chi connectivity index (χ0v) is 14.7. The van der Waals surface area contributed by atoms with Gasteiger partial charge in [-0.3, -0.25) is 0 Å². The molecule has 8 heteroatoms. The quantitative estimate of drug-likeness (QED) is 0.581. The summed E-state index contributed by atoms with van der Waals surface area (Å²) in [5, 5.41) is 6.38. The molecule has 27 heavy (non-hydrogen) atoms. The van der Waals surface area contributed by atoms with Crippen LogP contribution in [0.3, 0.4) is 0 Å². The van der Waals surface area contributed by atoms with Crippen LogP contribution in [0.2, 0.25) is 0 Å². The van der Waals surface area contributed by atoms with E-state index < -0.39 is 6.36 Å². The van der Waals surface area contributed by atoms with Crippen molar-refractivity contribution in [2.45, 2.75) is 12.4 Å². The van der Waals surface area contributed by atoms with Crippen LogP contribution >= 0.6 is 12.2 Å². The fraction of sp³-hybridized carbons (Fsp3) is 0.105. The van der Waals surface area contributed by atoms with E-state index in [2.05, 4.69) is 15.4 Å². The Morgan fingerprint density at radius 2 is 1.67 bits per heavy atom. The lowest BCUT2D eigenvalue weighted by Gasteiger charge is -2.20. The Morgan fingerprint density at radius 3 is 2.26 bits per heavy atom. The van der Waals surface area contributed by atoms with E-state index >= 15 is 0 Å². The van der Waals surface area contributed by atoms with Gasteiger partial charge in [0.05, 0.1) is 6.26 Å². The lowest BCUT2D eigenvalue weighted by atomic mass is 10.1. The minimum atomic E-state index is -4.72. The maximum absolute atomic E-state index is 12.2. The first-order valence-electron chi connectivity index (χ1n) is 7.92. The van der Waals surface area contributed by atoms with Crippen LogP contribution in [-0.2, 0) is 0 Å². The molecule has 0 aliphatic rings. The molecular weight excluding hydrogens is 377 g/mol. The maximum Gasteiger partial charge on any atom is 0.573 e. The second-order valence-electron chi connectivity index (χ2n) is 5.53. The molecule has 140 valence electrons. The summed E-state index contributed by atoms with van der Waals surface area (Å²) in [6, 6.07) is 18.2. The van der Waals surface area contributed by atoms with Gasteiger partial charge in [0, 0.05) is 5.69 Å². The minimum Gasteiger partial charge on any atom is -0.467 e. The minimum absolute atomic E-state index is 0.296. The zero-order valence-electron chi connectivity index (χ0n) is 13.9. The van der Waals surface area contributed by atoms with Gasteiger partial charge < -0.3 is 19.8 Å². The van der Waals surface area contributed by atoms with E-state index in [1.807, 2.05) is 36.4 Å². The fourth-order valence-corrected chi connectivity index (χ4v) is 2.69. The Labute approximate surface area is 159 Å². The molecule has 2 N–H and O–H groups in total. The summed E-state index contributed by atoms with van der Waals surface area (Å²) in [4.78, 5) is 0. The lowest BCUT2D eigenvalue weighted by Crippen LogP contribution is -2.32. The first kappa shape index (κ1) is 18.8. The van der Waals surface area contributed by atoms with Gasteiger partial charge in [0.25, 0.3) is 0 Å². The average molecular weight is 392 g/mol. The van der Waals surface area contributed by atoms with Gasteiger partial charge in [0.1, 0.15) is 17.6 Å². The molecule has 2 aromatic carbocycles. The van der Waals surface area contributed by atoms with E-state index in [0.29, 0.717) is 16.6 Å². The summed E-state index contributed by atoms with van der Waals surface area (Å²) < 4.78 is 46.0. The Hall–Kier alpha value is -3.00.